The first-order valence-corrected chi connectivity index (χ1v) is 7.90. The van der Waals surface area contributed by atoms with Gasteiger partial charge < -0.3 is 10.1 Å². The van der Waals surface area contributed by atoms with E-state index < -0.39 is 0 Å². The monoisotopic (exact) mass is 274 g/mol. The van der Waals surface area contributed by atoms with E-state index in [2.05, 4.69) is 41.4 Å². The molecule has 1 aromatic carbocycles. The molecule has 1 aliphatic heterocycles. The highest BCUT2D eigenvalue weighted by molar-refractivity contribution is 5.27. The predicted octanol–water partition coefficient (Wildman–Crippen LogP) is 2.66. The lowest BCUT2D eigenvalue weighted by Crippen LogP contribution is -2.56. The molecular weight excluding hydrogens is 248 g/mol. The van der Waals surface area contributed by atoms with Gasteiger partial charge in [-0.25, -0.2) is 0 Å². The number of hydrogen-bond donors (Lipinski definition) is 1. The van der Waals surface area contributed by atoms with E-state index in [4.69, 9.17) is 4.74 Å². The van der Waals surface area contributed by atoms with Gasteiger partial charge in [0, 0.05) is 31.7 Å². The summed E-state index contributed by atoms with van der Waals surface area (Å²) in [5.41, 5.74) is 1.40. The van der Waals surface area contributed by atoms with Gasteiger partial charge in [-0.05, 0) is 42.9 Å². The van der Waals surface area contributed by atoms with Gasteiger partial charge in [0.25, 0.3) is 0 Å². The molecule has 2 atom stereocenters. The number of rotatable bonds is 5. The largest absolute Gasteiger partial charge is 0.497 e. The van der Waals surface area contributed by atoms with Gasteiger partial charge in [-0.15, -0.1) is 0 Å². The van der Waals surface area contributed by atoms with Crippen LogP contribution < -0.4 is 10.1 Å². The summed E-state index contributed by atoms with van der Waals surface area (Å²) in [6.45, 7) is 5.70. The van der Waals surface area contributed by atoms with Gasteiger partial charge in [0.15, 0.2) is 0 Å². The lowest BCUT2D eigenvalue weighted by molar-refractivity contribution is 0.106. The predicted molar refractivity (Wildman–Crippen MR) is 82.0 cm³/mol. The Morgan fingerprint density at radius 2 is 2.00 bits per heavy atom. The Hall–Kier alpha value is -1.06. The van der Waals surface area contributed by atoms with Gasteiger partial charge in [0.1, 0.15) is 5.75 Å². The molecular formula is C17H26N2O. The summed E-state index contributed by atoms with van der Waals surface area (Å²) in [7, 11) is 1.72. The van der Waals surface area contributed by atoms with Crippen LogP contribution in [0.5, 0.6) is 5.75 Å². The molecule has 1 saturated carbocycles. The smallest absolute Gasteiger partial charge is 0.118 e. The number of nitrogens with zero attached hydrogens (tertiary/aromatic N) is 1. The van der Waals surface area contributed by atoms with Crippen molar-refractivity contribution in [3.63, 3.8) is 0 Å². The van der Waals surface area contributed by atoms with Crippen molar-refractivity contribution >= 4 is 0 Å². The molecule has 3 nitrogen and oxygen atoms in total. The SMILES string of the molecule is CCC1CN(Cc2ccc(OC)cc2)C(C2CC2)CN1. The highest BCUT2D eigenvalue weighted by atomic mass is 16.5. The van der Waals surface area contributed by atoms with Crippen LogP contribution in [-0.2, 0) is 6.54 Å². The average Bonchev–Trinajstić information content (AvgIpc) is 3.32. The molecule has 2 unspecified atom stereocenters. The summed E-state index contributed by atoms with van der Waals surface area (Å²) in [4.78, 5) is 2.70. The summed E-state index contributed by atoms with van der Waals surface area (Å²) < 4.78 is 5.24. The summed E-state index contributed by atoms with van der Waals surface area (Å²) in [6.07, 6.45) is 4.06. The van der Waals surface area contributed by atoms with Gasteiger partial charge >= 0.3 is 0 Å². The summed E-state index contributed by atoms with van der Waals surface area (Å²) >= 11 is 0. The van der Waals surface area contributed by atoms with E-state index >= 15 is 0 Å². The van der Waals surface area contributed by atoms with Gasteiger partial charge in [-0.3, -0.25) is 4.90 Å². The van der Waals surface area contributed by atoms with Crippen molar-refractivity contribution in [2.24, 2.45) is 5.92 Å². The first kappa shape index (κ1) is 13.9. The van der Waals surface area contributed by atoms with Crippen LogP contribution in [0, 0.1) is 5.92 Å². The molecule has 0 spiro atoms. The number of piperazine rings is 1. The first-order chi connectivity index (χ1) is 9.80. The van der Waals surface area contributed by atoms with Crippen LogP contribution in [-0.4, -0.2) is 37.2 Å². The minimum atomic E-state index is 0.656. The Balaban J connectivity index is 1.67. The third-order valence-corrected chi connectivity index (χ3v) is 4.74. The highest BCUT2D eigenvalue weighted by Crippen LogP contribution is 2.37. The van der Waals surface area contributed by atoms with Crippen LogP contribution in [0.15, 0.2) is 24.3 Å². The van der Waals surface area contributed by atoms with E-state index in [0.29, 0.717) is 6.04 Å². The molecule has 3 heteroatoms. The van der Waals surface area contributed by atoms with E-state index in [0.717, 1.165) is 24.3 Å². The second-order valence-corrected chi connectivity index (χ2v) is 6.20. The van der Waals surface area contributed by atoms with Crippen molar-refractivity contribution in [2.75, 3.05) is 20.2 Å². The van der Waals surface area contributed by atoms with Crippen LogP contribution in [0.3, 0.4) is 0 Å². The molecule has 0 bridgehead atoms. The lowest BCUT2D eigenvalue weighted by Gasteiger charge is -2.40. The van der Waals surface area contributed by atoms with Crippen molar-refractivity contribution in [1.29, 1.82) is 0 Å². The Morgan fingerprint density at radius 1 is 1.25 bits per heavy atom. The van der Waals surface area contributed by atoms with Crippen molar-refractivity contribution in [2.45, 2.75) is 44.8 Å². The third kappa shape index (κ3) is 3.15. The topological polar surface area (TPSA) is 24.5 Å². The van der Waals surface area contributed by atoms with Crippen LogP contribution in [0.2, 0.25) is 0 Å². The molecule has 1 aliphatic carbocycles. The second kappa shape index (κ2) is 6.15. The summed E-state index contributed by atoms with van der Waals surface area (Å²) in [5, 5.41) is 3.71. The zero-order chi connectivity index (χ0) is 13.9. The number of benzene rings is 1. The number of methoxy groups -OCH3 is 1. The van der Waals surface area contributed by atoms with Crippen LogP contribution in [0.4, 0.5) is 0 Å². The third-order valence-electron chi connectivity index (χ3n) is 4.74. The first-order valence-electron chi connectivity index (χ1n) is 7.90. The van der Waals surface area contributed by atoms with E-state index in [-0.39, 0.29) is 0 Å². The van der Waals surface area contributed by atoms with Crippen molar-refractivity contribution < 1.29 is 4.74 Å². The maximum absolute atomic E-state index is 5.24. The van der Waals surface area contributed by atoms with E-state index in [1.807, 2.05) is 0 Å². The molecule has 1 aromatic rings. The van der Waals surface area contributed by atoms with Crippen molar-refractivity contribution in [3.8, 4) is 5.75 Å². The molecule has 2 fully saturated rings. The Labute approximate surface area is 122 Å². The summed E-state index contributed by atoms with van der Waals surface area (Å²) in [6, 6.07) is 9.93. The minimum Gasteiger partial charge on any atom is -0.497 e. The van der Waals surface area contributed by atoms with Crippen molar-refractivity contribution in [3.05, 3.63) is 29.8 Å². The van der Waals surface area contributed by atoms with E-state index in [1.165, 1.54) is 37.9 Å². The maximum atomic E-state index is 5.24. The fourth-order valence-electron chi connectivity index (χ4n) is 3.27. The molecule has 2 aliphatic rings. The molecule has 1 heterocycles. The van der Waals surface area contributed by atoms with Crippen molar-refractivity contribution in [1.82, 2.24) is 10.2 Å². The van der Waals surface area contributed by atoms with Gasteiger partial charge in [-0.2, -0.15) is 0 Å². The molecule has 0 radical (unpaired) electrons. The van der Waals surface area contributed by atoms with Gasteiger partial charge in [0.2, 0.25) is 0 Å². The Morgan fingerprint density at radius 3 is 2.60 bits per heavy atom. The molecule has 0 aromatic heterocycles. The average molecular weight is 274 g/mol. The highest BCUT2D eigenvalue weighted by Gasteiger charge is 2.38. The molecule has 110 valence electrons. The standard InChI is InChI=1S/C17H26N2O/c1-3-15-12-19(17(10-18-15)14-6-7-14)11-13-4-8-16(20-2)9-5-13/h4-5,8-9,14-15,17-18H,3,6-7,10-12H2,1-2H3. The van der Waals surface area contributed by atoms with Gasteiger partial charge in [-0.1, -0.05) is 19.1 Å². The molecule has 0 amide bonds. The number of hydrogen-bond acceptors (Lipinski definition) is 3. The zero-order valence-corrected chi connectivity index (χ0v) is 12.6. The normalized spacial score (nSPS) is 27.5. The maximum Gasteiger partial charge on any atom is 0.118 e. The fourth-order valence-corrected chi connectivity index (χ4v) is 3.27. The quantitative estimate of drug-likeness (QED) is 0.893. The second-order valence-electron chi connectivity index (χ2n) is 6.20. The minimum absolute atomic E-state index is 0.656. The molecule has 20 heavy (non-hydrogen) atoms. The Bertz CT molecular complexity index is 427. The van der Waals surface area contributed by atoms with Crippen LogP contribution >= 0.6 is 0 Å². The van der Waals surface area contributed by atoms with Crippen LogP contribution in [0.25, 0.3) is 0 Å². The molecule has 1 N–H and O–H groups in total. The number of ether oxygens (including phenoxy) is 1. The van der Waals surface area contributed by atoms with Crippen LogP contribution in [0.1, 0.15) is 31.7 Å². The summed E-state index contributed by atoms with van der Waals surface area (Å²) in [5.74, 6) is 1.87. The molecule has 1 saturated heterocycles. The van der Waals surface area contributed by atoms with Gasteiger partial charge in [0.05, 0.1) is 7.11 Å². The molecule has 3 rings (SSSR count). The fraction of sp³-hybridized carbons (Fsp3) is 0.647. The zero-order valence-electron chi connectivity index (χ0n) is 12.6. The Kier molecular flexibility index (Phi) is 4.27. The number of nitrogens with one attached hydrogen (secondary N) is 1. The lowest BCUT2D eigenvalue weighted by atomic mass is 10.0. The van der Waals surface area contributed by atoms with E-state index in [9.17, 15) is 0 Å². The van der Waals surface area contributed by atoms with E-state index in [1.54, 1.807) is 7.11 Å².